The van der Waals surface area contributed by atoms with Crippen molar-refractivity contribution in [1.29, 1.82) is 0 Å². The molecule has 94 valence electrons. The average molecular weight is 237 g/mol. The van der Waals surface area contributed by atoms with Crippen molar-refractivity contribution in [2.24, 2.45) is 0 Å². The zero-order valence-corrected chi connectivity index (χ0v) is 9.91. The molecule has 0 bridgehead atoms. The third-order valence-electron chi connectivity index (χ3n) is 3.16. The van der Waals surface area contributed by atoms with Crippen LogP contribution in [0.3, 0.4) is 0 Å². The van der Waals surface area contributed by atoms with Gasteiger partial charge < -0.3 is 11.1 Å². The van der Waals surface area contributed by atoms with E-state index in [2.05, 4.69) is 20.5 Å². The molecule has 1 heterocycles. The standard InChI is InChI=1S/C11H19N5O/c12-11-14-9(15-16-11)10(17)13-8-6-4-2-1-3-5-7-8/h8H,1-7H2,(H,13,17)(H3,12,14,15,16). The molecule has 0 spiro atoms. The smallest absolute Gasteiger partial charge is 0.288 e. The van der Waals surface area contributed by atoms with Crippen LogP contribution in [0.2, 0.25) is 0 Å². The molecular formula is C11H19N5O. The molecular weight excluding hydrogens is 218 g/mol. The van der Waals surface area contributed by atoms with Crippen LogP contribution in [0.5, 0.6) is 0 Å². The second kappa shape index (κ2) is 5.65. The summed E-state index contributed by atoms with van der Waals surface area (Å²) in [4.78, 5) is 15.6. The molecule has 1 aromatic heterocycles. The van der Waals surface area contributed by atoms with Crippen molar-refractivity contribution in [3.63, 3.8) is 0 Å². The topological polar surface area (TPSA) is 96.7 Å². The van der Waals surface area contributed by atoms with Crippen LogP contribution < -0.4 is 11.1 Å². The molecule has 1 aromatic rings. The van der Waals surface area contributed by atoms with Gasteiger partial charge in [-0.05, 0) is 12.8 Å². The molecule has 1 aliphatic carbocycles. The number of carbonyl (C=O) groups excluding carboxylic acids is 1. The average Bonchev–Trinajstić information content (AvgIpc) is 2.68. The van der Waals surface area contributed by atoms with E-state index in [9.17, 15) is 4.79 Å². The largest absolute Gasteiger partial charge is 0.366 e. The Labute approximate surface area is 100 Å². The number of nitrogens with two attached hydrogens (primary N) is 1. The molecule has 1 fully saturated rings. The number of hydrogen-bond donors (Lipinski definition) is 3. The van der Waals surface area contributed by atoms with Crippen molar-refractivity contribution in [3.8, 4) is 0 Å². The van der Waals surface area contributed by atoms with Crippen LogP contribution in [-0.4, -0.2) is 27.1 Å². The quantitative estimate of drug-likeness (QED) is 0.720. The highest BCUT2D eigenvalue weighted by molar-refractivity contribution is 5.90. The maximum atomic E-state index is 11.8. The van der Waals surface area contributed by atoms with Gasteiger partial charge in [0.25, 0.3) is 5.91 Å². The number of aromatic amines is 1. The van der Waals surface area contributed by atoms with Gasteiger partial charge in [-0.25, -0.2) is 0 Å². The Morgan fingerprint density at radius 3 is 2.47 bits per heavy atom. The second-order valence-electron chi connectivity index (χ2n) is 4.56. The summed E-state index contributed by atoms with van der Waals surface area (Å²) in [6, 6.07) is 0.258. The monoisotopic (exact) mass is 237 g/mol. The lowest BCUT2D eigenvalue weighted by Crippen LogP contribution is -2.35. The Kier molecular flexibility index (Phi) is 3.95. The molecule has 0 aromatic carbocycles. The number of amides is 1. The molecule has 0 radical (unpaired) electrons. The number of aromatic nitrogens is 3. The number of H-pyrrole nitrogens is 1. The van der Waals surface area contributed by atoms with Gasteiger partial charge in [0.2, 0.25) is 11.8 Å². The van der Waals surface area contributed by atoms with E-state index in [1.54, 1.807) is 0 Å². The van der Waals surface area contributed by atoms with E-state index in [0.717, 1.165) is 12.8 Å². The summed E-state index contributed by atoms with van der Waals surface area (Å²) in [6.45, 7) is 0. The zero-order chi connectivity index (χ0) is 12.1. The lowest BCUT2D eigenvalue weighted by molar-refractivity contribution is 0.0920. The van der Waals surface area contributed by atoms with Gasteiger partial charge in [0.05, 0.1) is 0 Å². The van der Waals surface area contributed by atoms with Gasteiger partial charge in [-0.1, -0.05) is 32.1 Å². The first-order valence-corrected chi connectivity index (χ1v) is 6.24. The van der Waals surface area contributed by atoms with Crippen LogP contribution in [-0.2, 0) is 0 Å². The van der Waals surface area contributed by atoms with E-state index in [0.29, 0.717) is 0 Å². The van der Waals surface area contributed by atoms with Crippen molar-refractivity contribution in [2.45, 2.75) is 51.0 Å². The number of hydrogen-bond acceptors (Lipinski definition) is 4. The number of anilines is 1. The first-order valence-electron chi connectivity index (χ1n) is 6.24. The second-order valence-corrected chi connectivity index (χ2v) is 4.56. The van der Waals surface area contributed by atoms with Crippen molar-refractivity contribution < 1.29 is 4.79 Å². The molecule has 0 unspecified atom stereocenters. The van der Waals surface area contributed by atoms with E-state index in [4.69, 9.17) is 5.73 Å². The minimum absolute atomic E-state index is 0.104. The molecule has 1 aliphatic rings. The highest BCUT2D eigenvalue weighted by Gasteiger charge is 2.17. The number of nitrogen functional groups attached to an aromatic ring is 1. The predicted molar refractivity (Wildman–Crippen MR) is 64.4 cm³/mol. The molecule has 1 saturated carbocycles. The van der Waals surface area contributed by atoms with Crippen LogP contribution in [0.15, 0.2) is 0 Å². The summed E-state index contributed by atoms with van der Waals surface area (Å²) in [6.07, 6.45) is 8.32. The summed E-state index contributed by atoms with van der Waals surface area (Å²) in [5, 5.41) is 9.16. The van der Waals surface area contributed by atoms with Crippen LogP contribution in [0, 0.1) is 0 Å². The summed E-state index contributed by atoms with van der Waals surface area (Å²) in [5.41, 5.74) is 5.36. The highest BCUT2D eigenvalue weighted by atomic mass is 16.2. The maximum absolute atomic E-state index is 11.8. The molecule has 1 amide bonds. The molecule has 6 heteroatoms. The van der Waals surface area contributed by atoms with Crippen LogP contribution in [0.4, 0.5) is 5.95 Å². The maximum Gasteiger partial charge on any atom is 0.288 e. The van der Waals surface area contributed by atoms with Crippen LogP contribution in [0.25, 0.3) is 0 Å². The predicted octanol–water partition coefficient (Wildman–Crippen LogP) is 1.23. The Morgan fingerprint density at radius 1 is 1.24 bits per heavy atom. The molecule has 0 atom stereocenters. The van der Waals surface area contributed by atoms with Gasteiger partial charge in [0, 0.05) is 6.04 Å². The zero-order valence-electron chi connectivity index (χ0n) is 9.91. The van der Waals surface area contributed by atoms with E-state index in [-0.39, 0.29) is 23.7 Å². The van der Waals surface area contributed by atoms with Crippen LogP contribution in [0.1, 0.15) is 55.6 Å². The van der Waals surface area contributed by atoms with Crippen molar-refractivity contribution in [2.75, 3.05) is 5.73 Å². The Morgan fingerprint density at radius 2 is 1.88 bits per heavy atom. The van der Waals surface area contributed by atoms with E-state index >= 15 is 0 Å². The third-order valence-corrected chi connectivity index (χ3v) is 3.16. The first kappa shape index (κ1) is 11.9. The van der Waals surface area contributed by atoms with Gasteiger partial charge in [0.15, 0.2) is 0 Å². The summed E-state index contributed by atoms with van der Waals surface area (Å²) < 4.78 is 0. The van der Waals surface area contributed by atoms with Crippen molar-refractivity contribution >= 4 is 11.9 Å². The number of carbonyl (C=O) groups is 1. The Bertz CT molecular complexity index is 368. The van der Waals surface area contributed by atoms with Crippen molar-refractivity contribution in [3.05, 3.63) is 5.82 Å². The van der Waals surface area contributed by atoms with Gasteiger partial charge in [0.1, 0.15) is 0 Å². The minimum Gasteiger partial charge on any atom is -0.366 e. The normalized spacial score (nSPS) is 18.4. The fourth-order valence-corrected chi connectivity index (χ4v) is 2.23. The highest BCUT2D eigenvalue weighted by Crippen LogP contribution is 2.17. The van der Waals surface area contributed by atoms with Gasteiger partial charge in [-0.15, -0.1) is 5.10 Å². The molecule has 6 nitrogen and oxygen atoms in total. The lowest BCUT2D eigenvalue weighted by atomic mass is 9.97. The van der Waals surface area contributed by atoms with Gasteiger partial charge >= 0.3 is 0 Å². The Hall–Kier alpha value is -1.59. The molecule has 2 rings (SSSR count). The number of rotatable bonds is 2. The van der Waals surface area contributed by atoms with E-state index in [1.165, 1.54) is 32.1 Å². The number of nitrogens with zero attached hydrogens (tertiary/aromatic N) is 2. The summed E-state index contributed by atoms with van der Waals surface area (Å²) in [5.74, 6) is 0.0946. The molecule has 17 heavy (non-hydrogen) atoms. The fraction of sp³-hybridized carbons (Fsp3) is 0.727. The summed E-state index contributed by atoms with van der Waals surface area (Å²) in [7, 11) is 0. The van der Waals surface area contributed by atoms with Crippen molar-refractivity contribution in [1.82, 2.24) is 20.5 Å². The molecule has 0 saturated heterocycles. The van der Waals surface area contributed by atoms with Gasteiger partial charge in [-0.2, -0.15) is 4.98 Å². The third kappa shape index (κ3) is 3.44. The van der Waals surface area contributed by atoms with Crippen LogP contribution >= 0.6 is 0 Å². The van der Waals surface area contributed by atoms with Gasteiger partial charge in [-0.3, -0.25) is 9.89 Å². The molecule has 0 aliphatic heterocycles. The Balaban J connectivity index is 1.88. The fourth-order valence-electron chi connectivity index (χ4n) is 2.23. The molecule has 4 N–H and O–H groups in total. The number of nitrogens with one attached hydrogen (secondary N) is 2. The van der Waals surface area contributed by atoms with E-state index < -0.39 is 0 Å². The first-order chi connectivity index (χ1) is 8.25. The van der Waals surface area contributed by atoms with E-state index in [1.807, 2.05) is 0 Å². The summed E-state index contributed by atoms with van der Waals surface area (Å²) >= 11 is 0. The SMILES string of the molecule is Nc1n[nH]c(C(=O)NC2CCCCCCC2)n1. The lowest BCUT2D eigenvalue weighted by Gasteiger charge is -2.20. The minimum atomic E-state index is -0.209.